The van der Waals surface area contributed by atoms with E-state index in [0.29, 0.717) is 88.5 Å². The third kappa shape index (κ3) is 12.6. The standard InChI is InChI=1S/3C17H21NO3.2C16H19NO3.C7H11BrO6.3Ac/c3*1-18-7-6-17-10-3-5-13(20)16(17)21-15-12(19)4-2-9(14(15)17)8-11(10)18;2*18-11-3-1-8-7-10-9-2-4-12(19)15-16(9,5-6-17-10)13(8)14(11)20-15;1-13-7(12)5-3(10)2(9)4(11)6(8)14-5;;;/h3*2,4,10-11,13,16,19-20H,3,5-8H2,1H3;2*1,3,9-10,12,15,17-19H,2,4-7H2;2-6,9-11H,1H3;;;/t3*10-,11?,13+,16-,17?;2*9-,10?,12+,15-,16?;2-,3-,4+,5-,6-;;;/m000000.../s1. The van der Waals surface area contributed by atoms with E-state index in [9.17, 15) is 71.2 Å². The zero-order chi connectivity index (χ0) is 80.9. The summed E-state index contributed by atoms with van der Waals surface area (Å²) in [5.41, 5.74) is 12.3. The number of likely N-dealkylation sites (tertiary alicyclic amines) is 3. The van der Waals surface area contributed by atoms with Crippen molar-refractivity contribution in [2.24, 2.45) is 29.6 Å². The van der Waals surface area contributed by atoms with Gasteiger partial charge in [0.15, 0.2) is 63.6 Å². The van der Waals surface area contributed by atoms with E-state index in [-0.39, 0.29) is 219 Å². The van der Waals surface area contributed by atoms with Gasteiger partial charge in [-0.2, -0.15) is 0 Å². The third-order valence-electron chi connectivity index (χ3n) is 33.9. The first-order valence-electron chi connectivity index (χ1n) is 43.3. The fourth-order valence-electron chi connectivity index (χ4n) is 29.1. The maximum atomic E-state index is 11.1. The van der Waals surface area contributed by atoms with Gasteiger partial charge in [0.25, 0.3) is 0 Å². The summed E-state index contributed by atoms with van der Waals surface area (Å²) in [6, 6.07) is 21.6. The molecule has 30 atom stereocenters. The Hall–Kier alpha value is -2.19. The first kappa shape index (κ1) is 88.5. The van der Waals surface area contributed by atoms with Crippen LogP contribution < -0.4 is 34.3 Å². The number of methoxy groups -OCH3 is 1. The summed E-state index contributed by atoms with van der Waals surface area (Å²) >= 11 is 2.91. The second-order valence-corrected chi connectivity index (χ2v) is 39.2. The van der Waals surface area contributed by atoms with Crippen LogP contribution in [-0.4, -0.2) is 269 Å². The minimum absolute atomic E-state index is 0. The number of esters is 1. The van der Waals surface area contributed by atoms with Gasteiger partial charge in [0, 0.05) is 217 Å². The second kappa shape index (κ2) is 32.7. The average molecular weight is 2360 g/mol. The minimum atomic E-state index is -1.49. The number of phenols is 5. The molecule has 639 valence electrons. The van der Waals surface area contributed by atoms with Crippen LogP contribution in [0.2, 0.25) is 0 Å². The van der Waals surface area contributed by atoms with Crippen molar-refractivity contribution in [1.29, 1.82) is 0 Å². The molecule has 21 aliphatic rings. The first-order valence-corrected chi connectivity index (χ1v) is 44.2. The molecule has 3 radical (unpaired) electrons. The van der Waals surface area contributed by atoms with Crippen LogP contribution in [0.3, 0.4) is 0 Å². The zero-order valence-electron chi connectivity index (χ0n) is 68.4. The number of carbonyl (C=O) groups excluding carboxylic acids is 1. The molecular formula is C90H112Ac3BrN5O21. The number of halogens is 1. The Balaban J connectivity index is 0.0000000988. The van der Waals surface area contributed by atoms with Crippen molar-refractivity contribution < 1.29 is 237 Å². The van der Waals surface area contributed by atoms with Crippen molar-refractivity contribution in [3.05, 3.63) is 116 Å². The number of hydrogen-bond acceptors (Lipinski definition) is 26. The summed E-state index contributed by atoms with van der Waals surface area (Å²) in [6.45, 7) is 5.08. The van der Waals surface area contributed by atoms with E-state index in [2.05, 4.69) is 85.3 Å². The molecule has 5 spiro atoms. The number of benzene rings is 5. The van der Waals surface area contributed by atoms with Gasteiger partial charge in [0.05, 0.1) is 37.6 Å². The van der Waals surface area contributed by atoms with Crippen LogP contribution in [0.1, 0.15) is 152 Å². The van der Waals surface area contributed by atoms with Crippen molar-refractivity contribution >= 4 is 21.9 Å². The Morgan fingerprint density at radius 2 is 0.650 bits per heavy atom. The Labute approximate surface area is 814 Å². The van der Waals surface area contributed by atoms with Gasteiger partial charge in [-0.15, -0.1) is 0 Å². The summed E-state index contributed by atoms with van der Waals surface area (Å²) in [4.78, 5) is 18.5. The molecule has 10 bridgehead atoms. The van der Waals surface area contributed by atoms with Crippen molar-refractivity contribution in [3.8, 4) is 57.5 Å². The number of ether oxygens (including phenoxy) is 7. The van der Waals surface area contributed by atoms with Gasteiger partial charge >= 0.3 is 5.97 Å². The van der Waals surface area contributed by atoms with Crippen LogP contribution in [0.5, 0.6) is 57.5 Å². The molecule has 5 aromatic carbocycles. The predicted molar refractivity (Wildman–Crippen MR) is 427 cm³/mol. The van der Waals surface area contributed by atoms with E-state index in [1.807, 2.05) is 12.1 Å². The summed E-state index contributed by atoms with van der Waals surface area (Å²) < 4.78 is 39.9. The average Bonchev–Trinajstić information content (AvgIpc) is 1.47. The number of hydrogen-bond donors (Lipinski definition) is 15. The number of aliphatic hydroxyl groups is 8. The number of alkyl halides is 1. The van der Waals surface area contributed by atoms with Gasteiger partial charge in [-0.25, -0.2) is 4.79 Å². The number of nitrogens with zero attached hydrogens (tertiary/aromatic N) is 3. The summed E-state index contributed by atoms with van der Waals surface area (Å²) in [6.07, 6.45) is 11.1. The monoisotopic (exact) mass is 2360 g/mol. The van der Waals surface area contributed by atoms with Crippen molar-refractivity contribution in [3.63, 3.8) is 0 Å². The van der Waals surface area contributed by atoms with E-state index < -0.39 is 65.9 Å². The molecule has 11 heterocycles. The molecule has 6 saturated heterocycles. The van der Waals surface area contributed by atoms with Gasteiger partial charge in [-0.1, -0.05) is 46.3 Å². The topological polar surface area (TPSA) is 378 Å². The smallest absolute Gasteiger partial charge is 0.337 e. The number of phenolic OH excluding ortho intramolecular Hbond substituents is 5. The quantitative estimate of drug-likeness (QED) is 0.0792. The van der Waals surface area contributed by atoms with Gasteiger partial charge in [0.1, 0.15) is 53.8 Å². The summed E-state index contributed by atoms with van der Waals surface area (Å²) in [7, 11) is 7.80. The molecule has 10 aliphatic carbocycles. The molecule has 11 aliphatic heterocycles. The van der Waals surface area contributed by atoms with Gasteiger partial charge < -0.3 is 125 Å². The van der Waals surface area contributed by atoms with E-state index in [1.54, 1.807) is 30.3 Å². The van der Waals surface area contributed by atoms with E-state index in [1.165, 1.54) is 55.6 Å². The molecule has 26 rings (SSSR count). The number of carbonyl (C=O) groups is 1. The van der Waals surface area contributed by atoms with Crippen molar-refractivity contribution in [2.45, 2.75) is 276 Å². The van der Waals surface area contributed by atoms with Crippen LogP contribution in [0.25, 0.3) is 0 Å². The zero-order valence-corrected chi connectivity index (χ0v) is 84.2. The van der Waals surface area contributed by atoms with Gasteiger partial charge in [0.2, 0.25) is 0 Å². The maximum absolute atomic E-state index is 11.1. The van der Waals surface area contributed by atoms with Crippen LogP contribution in [0.4, 0.5) is 0 Å². The molecule has 26 nitrogen and oxygen atoms in total. The maximum Gasteiger partial charge on any atom is 0.337 e. The molecule has 0 amide bonds. The molecule has 5 aromatic rings. The van der Waals surface area contributed by atoms with Crippen molar-refractivity contribution in [1.82, 2.24) is 25.3 Å². The molecular weight excluding hydrogens is 2250 g/mol. The van der Waals surface area contributed by atoms with E-state index in [4.69, 9.17) is 28.4 Å². The molecule has 5 saturated carbocycles. The minimum Gasteiger partial charge on any atom is -0.504 e. The number of likely N-dealkylation sites (N-methyl/N-ethyl adjacent to an activating group) is 3. The second-order valence-electron chi connectivity index (χ2n) is 38.3. The Morgan fingerprint density at radius 1 is 0.383 bits per heavy atom. The van der Waals surface area contributed by atoms with E-state index in [0.717, 1.165) is 168 Å². The van der Waals surface area contributed by atoms with Crippen molar-refractivity contribution in [2.75, 3.05) is 61.0 Å². The van der Waals surface area contributed by atoms with Crippen LogP contribution in [0, 0.1) is 162 Å². The molecule has 120 heavy (non-hydrogen) atoms. The first-order chi connectivity index (χ1) is 56.3. The Kier molecular flexibility index (Phi) is 24.1. The molecule has 15 N–H and O–H groups in total. The number of nitrogens with one attached hydrogen (secondary N) is 2. The predicted octanol–water partition coefficient (Wildman–Crippen LogP) is 4.79. The number of piperidine rings is 5. The van der Waals surface area contributed by atoms with Crippen LogP contribution in [-0.2, 0) is 73.4 Å². The normalized spacial score (nSPS) is 42.4. The van der Waals surface area contributed by atoms with E-state index >= 15 is 0 Å². The summed E-state index contributed by atoms with van der Waals surface area (Å²) in [5.74, 6) is 6.34. The summed E-state index contributed by atoms with van der Waals surface area (Å²) in [5, 5.41) is 138. The Morgan fingerprint density at radius 3 is 0.933 bits per heavy atom. The third-order valence-corrected chi connectivity index (χ3v) is 34.6. The molecule has 10 unspecified atom stereocenters. The number of aromatic hydroxyl groups is 5. The SMILES string of the molecule is CN1CCC23c4c5ccc(O)c4O[C@H]2[C@H](O)CC[C@H]3C1C5.CN1CCC23c4c5ccc(O)c4O[C@H]2[C@H](O)CC[C@H]3C1C5.CN1CCC23c4c5ccc(O)c4O[C@H]2[C@H](O)CC[C@H]3C1C5.COC(=O)[C@H]1O[C@H](Br)[C@H](O)[C@@H](O)[C@@H]1O.Oc1ccc2c3c1O[C@H]1[C@H](O)CC[C@H]4C(C2)NCCC341.Oc1ccc2c3c1O[C@H]1[C@H](O)CC[C@H]4C(C2)NCCC341.[Ac].[Ac].[Ac]. The number of aliphatic hydroxyl groups excluding tert-OH is 8. The molecule has 11 fully saturated rings. The van der Waals surface area contributed by atoms with Crippen LogP contribution >= 0.6 is 15.9 Å². The Bertz CT molecular complexity index is 4470. The largest absolute Gasteiger partial charge is 0.504 e. The number of rotatable bonds is 1. The van der Waals surface area contributed by atoms with Gasteiger partial charge in [-0.3, -0.25) is 0 Å². The molecule has 0 aromatic heterocycles. The fourth-order valence-corrected chi connectivity index (χ4v) is 29.7. The fraction of sp³-hybridized carbons (Fsp3) is 0.656. The molecule has 30 heteroatoms. The van der Waals surface area contributed by atoms with Crippen LogP contribution in [0.15, 0.2) is 60.7 Å². The van der Waals surface area contributed by atoms with Gasteiger partial charge in [-0.05, 0) is 270 Å².